The number of allylic oxidation sites excluding steroid dienone is 1. The molecule has 1 saturated heterocycles. The first kappa shape index (κ1) is 38.3. The van der Waals surface area contributed by atoms with E-state index in [2.05, 4.69) is 5.32 Å². The van der Waals surface area contributed by atoms with Crippen LogP contribution in [0.5, 0.6) is 11.5 Å². The second kappa shape index (κ2) is 16.6. The van der Waals surface area contributed by atoms with E-state index in [1.54, 1.807) is 26.8 Å². The van der Waals surface area contributed by atoms with Gasteiger partial charge in [0.25, 0.3) is 5.91 Å². The van der Waals surface area contributed by atoms with E-state index in [1.165, 1.54) is 47.9 Å². The Balaban J connectivity index is 1.39. The van der Waals surface area contributed by atoms with Gasteiger partial charge in [-0.15, -0.1) is 11.8 Å². The number of carbonyl (C=O) groups is 6. The Morgan fingerprint density at radius 2 is 1.47 bits per heavy atom. The van der Waals surface area contributed by atoms with Crippen LogP contribution in [0.1, 0.15) is 62.2 Å². The quantitative estimate of drug-likeness (QED) is 0.111. The third kappa shape index (κ3) is 9.71. The van der Waals surface area contributed by atoms with E-state index < -0.39 is 59.0 Å². The highest BCUT2D eigenvalue weighted by molar-refractivity contribution is 8.00. The molecule has 2 amide bonds. The highest BCUT2D eigenvalue weighted by Crippen LogP contribution is 2.42. The number of carbonyl (C=O) groups excluding carboxylic acids is 6. The number of esters is 4. The second-order valence-electron chi connectivity index (χ2n) is 12.9. The van der Waals surface area contributed by atoms with Crippen LogP contribution in [0, 0.1) is 0 Å². The van der Waals surface area contributed by atoms with Crippen LogP contribution in [0.4, 0.5) is 4.79 Å². The van der Waals surface area contributed by atoms with Crippen LogP contribution in [0.2, 0.25) is 0 Å². The van der Waals surface area contributed by atoms with Crippen molar-refractivity contribution in [3.8, 4) is 11.5 Å². The molecule has 53 heavy (non-hydrogen) atoms. The number of nitrogens with one attached hydrogen (secondary N) is 1. The molecule has 1 unspecified atom stereocenters. The Hall–Kier alpha value is -5.89. The summed E-state index contributed by atoms with van der Waals surface area (Å²) < 4.78 is 27.0. The van der Waals surface area contributed by atoms with Gasteiger partial charge in [0.1, 0.15) is 29.3 Å². The Morgan fingerprint density at radius 1 is 0.868 bits per heavy atom. The van der Waals surface area contributed by atoms with Gasteiger partial charge >= 0.3 is 30.0 Å². The van der Waals surface area contributed by atoms with Gasteiger partial charge in [-0.2, -0.15) is 0 Å². The number of rotatable bonds is 11. The number of fused-ring (bicyclic) bond motifs is 1. The molecule has 0 bridgehead atoms. The second-order valence-corrected chi connectivity index (χ2v) is 14.0. The third-order valence-electron chi connectivity index (χ3n) is 7.61. The molecule has 0 radical (unpaired) electrons. The van der Waals surface area contributed by atoms with Crippen molar-refractivity contribution in [3.63, 3.8) is 0 Å². The lowest BCUT2D eigenvalue weighted by Crippen LogP contribution is -2.70. The van der Waals surface area contributed by atoms with Crippen molar-refractivity contribution in [2.45, 2.75) is 57.7 Å². The van der Waals surface area contributed by atoms with E-state index in [9.17, 15) is 28.8 Å². The van der Waals surface area contributed by atoms with Crippen molar-refractivity contribution < 1.29 is 52.5 Å². The van der Waals surface area contributed by atoms with Gasteiger partial charge in [-0.25, -0.2) is 14.4 Å². The number of amides is 2. The predicted octanol–water partition coefficient (Wildman–Crippen LogP) is 5.65. The summed E-state index contributed by atoms with van der Waals surface area (Å²) >= 11 is 1.33. The lowest BCUT2D eigenvalue weighted by Gasteiger charge is -2.49. The summed E-state index contributed by atoms with van der Waals surface area (Å²) in [6.07, 6.45) is 1.52. The summed E-state index contributed by atoms with van der Waals surface area (Å²) in [6, 6.07) is 21.3. The summed E-state index contributed by atoms with van der Waals surface area (Å²) in [5.41, 5.74) is 1.10. The average Bonchev–Trinajstić information content (AvgIpc) is 3.11. The first-order valence-electron chi connectivity index (χ1n) is 16.5. The van der Waals surface area contributed by atoms with Crippen LogP contribution in [0.25, 0.3) is 0 Å². The molecule has 1 fully saturated rings. The molecule has 2 aliphatic rings. The maximum Gasteiger partial charge on any atom is 0.408 e. The van der Waals surface area contributed by atoms with Crippen molar-refractivity contribution in [2.24, 2.45) is 0 Å². The van der Waals surface area contributed by atoms with Crippen LogP contribution in [-0.4, -0.2) is 70.2 Å². The van der Waals surface area contributed by atoms with E-state index in [0.29, 0.717) is 5.57 Å². The first-order valence-corrected chi connectivity index (χ1v) is 17.6. The number of ether oxygens (including phenoxy) is 5. The number of thioether (sulfide) groups is 1. The van der Waals surface area contributed by atoms with Gasteiger partial charge in [-0.05, 0) is 61.7 Å². The molecule has 14 heteroatoms. The highest BCUT2D eigenvalue weighted by Gasteiger charge is 2.54. The van der Waals surface area contributed by atoms with Crippen molar-refractivity contribution in [1.82, 2.24) is 10.2 Å². The maximum absolute atomic E-state index is 14.2. The van der Waals surface area contributed by atoms with E-state index in [1.807, 2.05) is 60.7 Å². The topological polar surface area (TPSA) is 164 Å². The fraction of sp³-hybridized carbons (Fsp3) is 0.282. The zero-order chi connectivity index (χ0) is 38.3. The molecular formula is C39H38N2O11S. The van der Waals surface area contributed by atoms with E-state index in [-0.39, 0.29) is 35.1 Å². The minimum Gasteiger partial charge on any atom is -0.458 e. The minimum atomic E-state index is -0.938. The summed E-state index contributed by atoms with van der Waals surface area (Å²) in [5, 5.41) is 2.01. The summed E-state index contributed by atoms with van der Waals surface area (Å²) in [4.78, 5) is 77.5. The third-order valence-corrected chi connectivity index (χ3v) is 8.91. The van der Waals surface area contributed by atoms with Crippen molar-refractivity contribution in [1.29, 1.82) is 0 Å². The molecule has 0 aliphatic carbocycles. The number of hydrogen-bond acceptors (Lipinski definition) is 12. The molecule has 2 aliphatic heterocycles. The van der Waals surface area contributed by atoms with Crippen LogP contribution in [-0.2, 0) is 33.4 Å². The van der Waals surface area contributed by atoms with Gasteiger partial charge in [0, 0.05) is 19.6 Å². The monoisotopic (exact) mass is 742 g/mol. The maximum atomic E-state index is 14.2. The number of nitrogens with zero attached hydrogens (tertiary/aromatic N) is 1. The number of β-lactam (4-membered cyclic amide) rings is 1. The molecule has 5 rings (SSSR count). The average molecular weight is 743 g/mol. The largest absolute Gasteiger partial charge is 0.458 e. The molecule has 13 nitrogen and oxygen atoms in total. The fourth-order valence-electron chi connectivity index (χ4n) is 5.45. The van der Waals surface area contributed by atoms with Crippen LogP contribution < -0.4 is 14.8 Å². The molecule has 3 aromatic carbocycles. The zero-order valence-electron chi connectivity index (χ0n) is 29.7. The molecular weight excluding hydrogens is 704 g/mol. The molecule has 1 N–H and O–H groups in total. The zero-order valence-corrected chi connectivity index (χ0v) is 30.5. The summed E-state index contributed by atoms with van der Waals surface area (Å²) in [6.45, 7) is 7.23. The smallest absolute Gasteiger partial charge is 0.408 e. The molecule has 276 valence electrons. The standard InChI is InChI=1S/C39H38N2O11S/c1-23(42)49-29-19-18-27(21-30(29)50-24(2)43)36(45)48-20-12-17-28-22-53-35-31(40-38(47)52-39(3,4)5)34(44)41(35)32(28)37(46)51-33(25-13-8-6-9-14-25)26-15-10-7-11-16-26/h6-19,21,31,33,35H,20,22H2,1-5H3,(H,40,47)/b17-12+/t31?,35-/m1/s1. The minimum absolute atomic E-state index is 0.00693. The number of benzene rings is 3. The summed E-state index contributed by atoms with van der Waals surface area (Å²) in [7, 11) is 0. The van der Waals surface area contributed by atoms with E-state index in [4.69, 9.17) is 23.7 Å². The molecule has 0 saturated carbocycles. The van der Waals surface area contributed by atoms with Crippen molar-refractivity contribution in [2.75, 3.05) is 12.4 Å². The predicted molar refractivity (Wildman–Crippen MR) is 193 cm³/mol. The van der Waals surface area contributed by atoms with Gasteiger partial charge in [0.15, 0.2) is 17.6 Å². The molecule has 2 atom stereocenters. The van der Waals surface area contributed by atoms with Gasteiger partial charge in [0.05, 0.1) is 5.56 Å². The SMILES string of the molecule is CC(=O)Oc1ccc(C(=O)OC/C=C/C2=C(C(=O)OC(c3ccccc3)c3ccccc3)N3C(=O)C(NC(=O)OC(C)(C)C)[C@H]3SC2)cc1OC(C)=O. The molecule has 0 spiro atoms. The van der Waals surface area contributed by atoms with E-state index in [0.717, 1.165) is 18.1 Å². The van der Waals surface area contributed by atoms with Crippen LogP contribution >= 0.6 is 11.8 Å². The van der Waals surface area contributed by atoms with Gasteiger partial charge < -0.3 is 29.0 Å². The van der Waals surface area contributed by atoms with E-state index >= 15 is 0 Å². The fourth-order valence-corrected chi connectivity index (χ4v) is 6.77. The number of alkyl carbamates (subject to hydrolysis) is 1. The van der Waals surface area contributed by atoms with Crippen LogP contribution in [0.15, 0.2) is 102 Å². The Morgan fingerprint density at radius 3 is 2.06 bits per heavy atom. The Bertz CT molecular complexity index is 1910. The molecule has 2 heterocycles. The van der Waals surface area contributed by atoms with Crippen LogP contribution in [0.3, 0.4) is 0 Å². The van der Waals surface area contributed by atoms with Gasteiger partial charge in [-0.3, -0.25) is 19.3 Å². The first-order chi connectivity index (χ1) is 25.2. The van der Waals surface area contributed by atoms with Crippen molar-refractivity contribution >= 4 is 47.6 Å². The summed E-state index contributed by atoms with van der Waals surface area (Å²) in [5.74, 6) is -3.32. The van der Waals surface area contributed by atoms with Crippen molar-refractivity contribution in [3.05, 3.63) is 119 Å². The lowest BCUT2D eigenvalue weighted by molar-refractivity contribution is -0.153. The Kier molecular flexibility index (Phi) is 12.0. The number of hydrogen-bond donors (Lipinski definition) is 1. The normalized spacial score (nSPS) is 16.7. The van der Waals surface area contributed by atoms with Gasteiger partial charge in [0.2, 0.25) is 0 Å². The molecule has 0 aromatic heterocycles. The molecule has 3 aromatic rings. The Labute approximate surface area is 310 Å². The highest BCUT2D eigenvalue weighted by atomic mass is 32.2. The lowest BCUT2D eigenvalue weighted by atomic mass is 10.0. The van der Waals surface area contributed by atoms with Gasteiger partial charge in [-0.1, -0.05) is 66.7 Å².